The van der Waals surface area contributed by atoms with Crippen molar-refractivity contribution in [2.24, 2.45) is 0 Å². The Labute approximate surface area is 211 Å². The number of likely N-dealkylation sites (tertiary alicyclic amines) is 1. The van der Waals surface area contributed by atoms with Crippen molar-refractivity contribution in [1.29, 1.82) is 0 Å². The number of hydrogen-bond donors (Lipinski definition) is 1. The first-order valence-corrected chi connectivity index (χ1v) is 11.8. The van der Waals surface area contributed by atoms with E-state index in [1.54, 1.807) is 0 Å². The minimum absolute atomic E-state index is 0.150. The fourth-order valence-corrected chi connectivity index (χ4v) is 4.90. The van der Waals surface area contributed by atoms with E-state index in [4.69, 9.17) is 24.1 Å². The molecule has 1 aromatic heterocycles. The summed E-state index contributed by atoms with van der Waals surface area (Å²) < 4.78 is 51.5. The molecule has 3 aromatic rings. The molecule has 0 bridgehead atoms. The maximum absolute atomic E-state index is 10.6. The van der Waals surface area contributed by atoms with E-state index >= 15 is 0 Å². The molecule has 0 aliphatic carbocycles. The van der Waals surface area contributed by atoms with Gasteiger partial charge < -0.3 is 23.9 Å². The number of rotatable bonds is 3. The second kappa shape index (κ2) is 9.71. The summed E-state index contributed by atoms with van der Waals surface area (Å²) in [5.41, 5.74) is 4.77. The van der Waals surface area contributed by atoms with E-state index in [-0.39, 0.29) is 5.60 Å². The minimum atomic E-state index is -5.08. The molecule has 0 radical (unpaired) electrons. The summed E-state index contributed by atoms with van der Waals surface area (Å²) in [6, 6.07) is 14.9. The fourth-order valence-electron chi connectivity index (χ4n) is 4.90. The van der Waals surface area contributed by atoms with Crippen LogP contribution in [-0.2, 0) is 29.2 Å². The Morgan fingerprint density at radius 3 is 2.68 bits per heavy atom. The van der Waals surface area contributed by atoms with Gasteiger partial charge in [-0.3, -0.25) is 4.90 Å². The number of fused-ring (bicyclic) bond motifs is 2. The standard InChI is InChI=1S/C24H25N3O3.C2HF3O2/c1-17-3-2-4-19(9-17)20-11-25-23-13-30-24(15-27(20)23)7-8-26(14-24)12-18-5-6-21-22(10-18)29-16-28-21;3-2(4,5)1(6)7/h2-6,9-11H,7-8,12-16H2,1H3;(H,6,7). The highest BCUT2D eigenvalue weighted by atomic mass is 19.4. The Kier molecular flexibility index (Phi) is 6.59. The van der Waals surface area contributed by atoms with Gasteiger partial charge in [-0.05, 0) is 37.1 Å². The summed E-state index contributed by atoms with van der Waals surface area (Å²) in [4.78, 5) is 16.0. The molecule has 6 rings (SSSR count). The number of aromatic nitrogens is 2. The van der Waals surface area contributed by atoms with Crippen molar-refractivity contribution >= 4 is 5.97 Å². The summed E-state index contributed by atoms with van der Waals surface area (Å²) in [5.74, 6) is -0.0522. The normalized spacial score (nSPS) is 20.4. The van der Waals surface area contributed by atoms with E-state index in [0.29, 0.717) is 13.4 Å². The van der Waals surface area contributed by atoms with Crippen molar-refractivity contribution in [2.45, 2.75) is 44.8 Å². The van der Waals surface area contributed by atoms with Gasteiger partial charge in [0.25, 0.3) is 0 Å². The van der Waals surface area contributed by atoms with Crippen LogP contribution >= 0.6 is 0 Å². The molecular formula is C26H26F3N3O5. The predicted octanol–water partition coefficient (Wildman–Crippen LogP) is 4.40. The minimum Gasteiger partial charge on any atom is -0.475 e. The van der Waals surface area contributed by atoms with Crippen molar-refractivity contribution in [2.75, 3.05) is 19.9 Å². The van der Waals surface area contributed by atoms with Crippen LogP contribution in [0.15, 0.2) is 48.7 Å². The van der Waals surface area contributed by atoms with E-state index in [9.17, 15) is 13.2 Å². The average molecular weight is 518 g/mol. The van der Waals surface area contributed by atoms with Crippen LogP contribution < -0.4 is 9.47 Å². The van der Waals surface area contributed by atoms with Crippen LogP contribution in [0.4, 0.5) is 13.2 Å². The highest BCUT2D eigenvalue weighted by Gasteiger charge is 2.43. The molecule has 8 nitrogen and oxygen atoms in total. The molecular weight excluding hydrogens is 491 g/mol. The topological polar surface area (TPSA) is 86.0 Å². The fraction of sp³-hybridized carbons (Fsp3) is 0.385. The SMILES string of the molecule is Cc1cccc(-c2cnc3n2CC2(CCN(Cc4ccc5c(c4)OCO5)C2)OC3)c1.O=C(O)C(F)(F)F. The zero-order valence-corrected chi connectivity index (χ0v) is 20.1. The molecule has 4 heterocycles. The molecule has 196 valence electrons. The number of carboxylic acids is 1. The van der Waals surface area contributed by atoms with Crippen LogP contribution in [0.3, 0.4) is 0 Å². The number of carbonyl (C=O) groups is 1. The lowest BCUT2D eigenvalue weighted by Crippen LogP contribution is -2.44. The molecule has 0 amide bonds. The molecule has 1 N–H and O–H groups in total. The Morgan fingerprint density at radius 2 is 1.92 bits per heavy atom. The van der Waals surface area contributed by atoms with E-state index in [1.807, 2.05) is 12.3 Å². The van der Waals surface area contributed by atoms with Gasteiger partial charge in [0.2, 0.25) is 6.79 Å². The third-order valence-corrected chi connectivity index (χ3v) is 6.69. The van der Waals surface area contributed by atoms with E-state index in [0.717, 1.165) is 49.9 Å². The van der Waals surface area contributed by atoms with Crippen molar-refractivity contribution < 1.29 is 37.3 Å². The number of alkyl halides is 3. The van der Waals surface area contributed by atoms with Crippen LogP contribution in [-0.4, -0.2) is 57.2 Å². The quantitative estimate of drug-likeness (QED) is 0.551. The lowest BCUT2D eigenvalue weighted by atomic mass is 10.0. The summed E-state index contributed by atoms with van der Waals surface area (Å²) in [6.45, 7) is 6.71. The number of hydrogen-bond acceptors (Lipinski definition) is 6. The van der Waals surface area contributed by atoms with Gasteiger partial charge in [-0.1, -0.05) is 29.8 Å². The van der Waals surface area contributed by atoms with Crippen molar-refractivity contribution in [1.82, 2.24) is 14.5 Å². The monoisotopic (exact) mass is 517 g/mol. The molecule has 1 spiro atoms. The molecule has 2 aromatic carbocycles. The average Bonchev–Trinajstić information content (AvgIpc) is 3.57. The molecule has 1 atom stereocenters. The smallest absolute Gasteiger partial charge is 0.475 e. The first-order valence-electron chi connectivity index (χ1n) is 11.8. The van der Waals surface area contributed by atoms with Gasteiger partial charge in [-0.25, -0.2) is 9.78 Å². The van der Waals surface area contributed by atoms with Gasteiger partial charge in [-0.2, -0.15) is 13.2 Å². The number of nitrogens with zero attached hydrogens (tertiary/aromatic N) is 3. The second-order valence-electron chi connectivity index (χ2n) is 9.44. The van der Waals surface area contributed by atoms with Gasteiger partial charge in [0.1, 0.15) is 18.0 Å². The molecule has 3 aliphatic heterocycles. The summed E-state index contributed by atoms with van der Waals surface area (Å²) in [5, 5.41) is 7.12. The van der Waals surface area contributed by atoms with Crippen LogP contribution in [0.1, 0.15) is 23.4 Å². The Morgan fingerprint density at radius 1 is 1.14 bits per heavy atom. The maximum atomic E-state index is 10.6. The van der Waals surface area contributed by atoms with Crippen LogP contribution in [0.2, 0.25) is 0 Å². The van der Waals surface area contributed by atoms with Crippen LogP contribution in [0, 0.1) is 6.92 Å². The molecule has 11 heteroatoms. The zero-order chi connectivity index (χ0) is 26.2. The summed E-state index contributed by atoms with van der Waals surface area (Å²) in [7, 11) is 0. The third-order valence-electron chi connectivity index (χ3n) is 6.69. The number of aliphatic carboxylic acids is 1. The van der Waals surface area contributed by atoms with E-state index < -0.39 is 12.1 Å². The molecule has 1 saturated heterocycles. The maximum Gasteiger partial charge on any atom is 0.490 e. The van der Waals surface area contributed by atoms with Crippen molar-refractivity contribution in [3.8, 4) is 22.8 Å². The van der Waals surface area contributed by atoms with Crippen molar-refractivity contribution in [3.05, 3.63) is 65.6 Å². The largest absolute Gasteiger partial charge is 0.490 e. The van der Waals surface area contributed by atoms with Gasteiger partial charge in [0.05, 0.1) is 18.4 Å². The molecule has 3 aliphatic rings. The number of aryl methyl sites for hydroxylation is 1. The van der Waals surface area contributed by atoms with Crippen LogP contribution in [0.5, 0.6) is 11.5 Å². The number of imidazole rings is 1. The summed E-state index contributed by atoms with van der Waals surface area (Å²) in [6.07, 6.45) is -2.06. The highest BCUT2D eigenvalue weighted by molar-refractivity contribution is 5.73. The lowest BCUT2D eigenvalue weighted by Gasteiger charge is -2.35. The predicted molar refractivity (Wildman–Crippen MR) is 126 cm³/mol. The first kappa shape index (κ1) is 25.1. The van der Waals surface area contributed by atoms with Gasteiger partial charge in [0, 0.05) is 25.2 Å². The van der Waals surface area contributed by atoms with Gasteiger partial charge in [0.15, 0.2) is 11.5 Å². The van der Waals surface area contributed by atoms with Crippen molar-refractivity contribution in [3.63, 3.8) is 0 Å². The number of halogens is 3. The highest BCUT2D eigenvalue weighted by Crippen LogP contribution is 2.37. The number of ether oxygens (including phenoxy) is 3. The second-order valence-corrected chi connectivity index (χ2v) is 9.44. The summed E-state index contributed by atoms with van der Waals surface area (Å²) >= 11 is 0. The molecule has 0 saturated carbocycles. The molecule has 1 fully saturated rings. The zero-order valence-electron chi connectivity index (χ0n) is 20.1. The van der Waals surface area contributed by atoms with Crippen LogP contribution in [0.25, 0.3) is 11.3 Å². The first-order chi connectivity index (χ1) is 17.6. The third kappa shape index (κ3) is 5.42. The Bertz CT molecular complexity index is 1310. The Hall–Kier alpha value is -3.57. The molecule has 37 heavy (non-hydrogen) atoms. The number of carboxylic acid groups (broad SMARTS) is 1. The van der Waals surface area contributed by atoms with Gasteiger partial charge >= 0.3 is 12.1 Å². The van der Waals surface area contributed by atoms with E-state index in [2.05, 4.69) is 57.8 Å². The van der Waals surface area contributed by atoms with Gasteiger partial charge in [-0.15, -0.1) is 0 Å². The lowest BCUT2D eigenvalue weighted by molar-refractivity contribution is -0.192. The van der Waals surface area contributed by atoms with E-state index in [1.165, 1.54) is 22.4 Å². The Balaban J connectivity index is 0.000000355. The number of benzene rings is 2. The molecule has 1 unspecified atom stereocenters.